The predicted molar refractivity (Wildman–Crippen MR) is 75.7 cm³/mol. The molecule has 0 spiro atoms. The number of carbonyl (C=O) groups excluding carboxylic acids is 1. The van der Waals surface area contributed by atoms with Crippen LogP contribution in [0.3, 0.4) is 0 Å². The molecule has 1 N–H and O–H groups in total. The molecule has 102 valence electrons. The van der Waals surface area contributed by atoms with Crippen LogP contribution in [-0.2, 0) is 4.79 Å². The van der Waals surface area contributed by atoms with Gasteiger partial charge in [0.1, 0.15) is 5.75 Å². The summed E-state index contributed by atoms with van der Waals surface area (Å²) in [7, 11) is 0. The van der Waals surface area contributed by atoms with Gasteiger partial charge in [-0.05, 0) is 17.7 Å². The average molecular weight is 269 g/mol. The van der Waals surface area contributed by atoms with Gasteiger partial charge in [0.25, 0.3) is 5.91 Å². The van der Waals surface area contributed by atoms with Gasteiger partial charge >= 0.3 is 0 Å². The second-order valence-corrected chi connectivity index (χ2v) is 4.69. The van der Waals surface area contributed by atoms with E-state index in [4.69, 9.17) is 4.74 Å². The Kier molecular flexibility index (Phi) is 3.39. The molecule has 1 aliphatic rings. The number of rotatable bonds is 3. The molecule has 0 aromatic heterocycles. The average Bonchev–Trinajstić information content (AvgIpc) is 2.51. The minimum absolute atomic E-state index is 0.0124. The SMILES string of the molecule is O=C1COc2ccccc2N1CC(O)c1ccccc1. The van der Waals surface area contributed by atoms with Crippen LogP contribution in [0.15, 0.2) is 54.6 Å². The lowest BCUT2D eigenvalue weighted by Crippen LogP contribution is -2.41. The van der Waals surface area contributed by atoms with Crippen molar-refractivity contribution in [2.24, 2.45) is 0 Å². The van der Waals surface area contributed by atoms with Crippen LogP contribution in [-0.4, -0.2) is 24.2 Å². The Labute approximate surface area is 117 Å². The molecule has 0 bridgehead atoms. The summed E-state index contributed by atoms with van der Waals surface area (Å²) < 4.78 is 5.38. The molecule has 1 amide bonds. The predicted octanol–water partition coefficient (Wildman–Crippen LogP) is 2.15. The molecule has 0 saturated carbocycles. The Morgan fingerprint density at radius 1 is 1.10 bits per heavy atom. The van der Waals surface area contributed by atoms with Crippen molar-refractivity contribution >= 4 is 11.6 Å². The summed E-state index contributed by atoms with van der Waals surface area (Å²) in [6, 6.07) is 16.7. The van der Waals surface area contributed by atoms with Crippen molar-refractivity contribution in [1.82, 2.24) is 0 Å². The van der Waals surface area contributed by atoms with Gasteiger partial charge in [-0.1, -0.05) is 42.5 Å². The molecular weight excluding hydrogens is 254 g/mol. The normalized spacial score (nSPS) is 15.4. The summed E-state index contributed by atoms with van der Waals surface area (Å²) in [5.74, 6) is 0.533. The molecule has 2 aromatic carbocycles. The highest BCUT2D eigenvalue weighted by Crippen LogP contribution is 2.32. The van der Waals surface area contributed by atoms with E-state index in [2.05, 4.69) is 0 Å². The Hall–Kier alpha value is -2.33. The molecule has 1 unspecified atom stereocenters. The minimum atomic E-state index is -0.716. The van der Waals surface area contributed by atoms with E-state index in [1.54, 1.807) is 4.90 Å². The fourth-order valence-corrected chi connectivity index (χ4v) is 2.31. The highest BCUT2D eigenvalue weighted by Gasteiger charge is 2.27. The number of hydrogen-bond donors (Lipinski definition) is 1. The third kappa shape index (κ3) is 2.38. The summed E-state index contributed by atoms with van der Waals surface area (Å²) in [4.78, 5) is 13.6. The summed E-state index contributed by atoms with van der Waals surface area (Å²) in [5, 5.41) is 10.3. The number of amides is 1. The number of ether oxygens (including phenoxy) is 1. The number of para-hydroxylation sites is 2. The molecule has 4 heteroatoms. The van der Waals surface area contributed by atoms with E-state index in [1.807, 2.05) is 54.6 Å². The molecular formula is C16H15NO3. The Bertz CT molecular complexity index is 612. The van der Waals surface area contributed by atoms with Gasteiger partial charge in [-0.25, -0.2) is 0 Å². The maximum Gasteiger partial charge on any atom is 0.265 e. The summed E-state index contributed by atoms with van der Waals surface area (Å²) in [6.45, 7) is 0.238. The first kappa shape index (κ1) is 12.7. The lowest BCUT2D eigenvalue weighted by molar-refractivity contribution is -0.121. The summed E-state index contributed by atoms with van der Waals surface area (Å²) >= 11 is 0. The molecule has 1 atom stereocenters. The number of fused-ring (bicyclic) bond motifs is 1. The van der Waals surface area contributed by atoms with E-state index in [1.165, 1.54) is 0 Å². The van der Waals surface area contributed by atoms with E-state index in [-0.39, 0.29) is 19.1 Å². The zero-order valence-electron chi connectivity index (χ0n) is 10.9. The minimum Gasteiger partial charge on any atom is -0.482 e. The molecule has 20 heavy (non-hydrogen) atoms. The van der Waals surface area contributed by atoms with E-state index in [0.717, 1.165) is 5.56 Å². The number of benzene rings is 2. The standard InChI is InChI=1S/C16H15NO3/c18-14(12-6-2-1-3-7-12)10-17-13-8-4-5-9-15(13)20-11-16(17)19/h1-9,14,18H,10-11H2. The maximum atomic E-state index is 12.0. The molecule has 3 rings (SSSR count). The third-order valence-electron chi connectivity index (χ3n) is 3.35. The number of β-amino-alcohol motifs (C(OH)–C–C–N with tert-alkyl or cyclic N) is 1. The number of hydrogen-bond acceptors (Lipinski definition) is 3. The Morgan fingerprint density at radius 3 is 2.60 bits per heavy atom. The van der Waals surface area contributed by atoms with Crippen molar-refractivity contribution in [1.29, 1.82) is 0 Å². The largest absolute Gasteiger partial charge is 0.482 e. The number of anilines is 1. The molecule has 0 fully saturated rings. The van der Waals surface area contributed by atoms with E-state index in [9.17, 15) is 9.90 Å². The van der Waals surface area contributed by atoms with Crippen LogP contribution in [0.1, 0.15) is 11.7 Å². The van der Waals surface area contributed by atoms with Crippen molar-refractivity contribution in [3.63, 3.8) is 0 Å². The molecule has 4 nitrogen and oxygen atoms in total. The highest BCUT2D eigenvalue weighted by molar-refractivity contribution is 5.97. The Balaban J connectivity index is 1.85. The van der Waals surface area contributed by atoms with E-state index < -0.39 is 6.10 Å². The van der Waals surface area contributed by atoms with Gasteiger partial charge in [0.05, 0.1) is 18.3 Å². The maximum absolute atomic E-state index is 12.0. The second kappa shape index (κ2) is 5.35. The Morgan fingerprint density at radius 2 is 1.80 bits per heavy atom. The van der Waals surface area contributed by atoms with Gasteiger partial charge in [-0.2, -0.15) is 0 Å². The molecule has 0 saturated heterocycles. The second-order valence-electron chi connectivity index (χ2n) is 4.69. The number of nitrogens with zero attached hydrogens (tertiary/aromatic N) is 1. The van der Waals surface area contributed by atoms with Gasteiger partial charge in [0.15, 0.2) is 6.61 Å². The number of carbonyl (C=O) groups is 1. The topological polar surface area (TPSA) is 49.8 Å². The van der Waals surface area contributed by atoms with Crippen molar-refractivity contribution in [3.8, 4) is 5.75 Å². The quantitative estimate of drug-likeness (QED) is 0.928. The van der Waals surface area contributed by atoms with Gasteiger partial charge < -0.3 is 14.7 Å². The molecule has 0 aliphatic carbocycles. The monoisotopic (exact) mass is 269 g/mol. The van der Waals surface area contributed by atoms with Crippen LogP contribution in [0.25, 0.3) is 0 Å². The van der Waals surface area contributed by atoms with Crippen molar-refractivity contribution in [3.05, 3.63) is 60.2 Å². The van der Waals surface area contributed by atoms with Crippen LogP contribution in [0.4, 0.5) is 5.69 Å². The molecule has 1 aliphatic heterocycles. The van der Waals surface area contributed by atoms with Crippen molar-refractivity contribution < 1.29 is 14.6 Å². The van der Waals surface area contributed by atoms with Crippen LogP contribution >= 0.6 is 0 Å². The van der Waals surface area contributed by atoms with Crippen molar-refractivity contribution in [2.45, 2.75) is 6.10 Å². The van der Waals surface area contributed by atoms with Gasteiger partial charge in [-0.3, -0.25) is 4.79 Å². The smallest absolute Gasteiger partial charge is 0.265 e. The van der Waals surface area contributed by atoms with Crippen LogP contribution in [0, 0.1) is 0 Å². The van der Waals surface area contributed by atoms with Gasteiger partial charge in [0, 0.05) is 0 Å². The van der Waals surface area contributed by atoms with E-state index in [0.29, 0.717) is 11.4 Å². The summed E-state index contributed by atoms with van der Waals surface area (Å²) in [5.41, 5.74) is 1.50. The lowest BCUT2D eigenvalue weighted by Gasteiger charge is -2.30. The van der Waals surface area contributed by atoms with Crippen molar-refractivity contribution in [2.75, 3.05) is 18.1 Å². The zero-order valence-corrected chi connectivity index (χ0v) is 10.9. The van der Waals surface area contributed by atoms with Gasteiger partial charge in [0.2, 0.25) is 0 Å². The van der Waals surface area contributed by atoms with Gasteiger partial charge in [-0.15, -0.1) is 0 Å². The van der Waals surface area contributed by atoms with Crippen LogP contribution in [0.5, 0.6) is 5.75 Å². The van der Waals surface area contributed by atoms with E-state index >= 15 is 0 Å². The fraction of sp³-hybridized carbons (Fsp3) is 0.188. The fourth-order valence-electron chi connectivity index (χ4n) is 2.31. The molecule has 0 radical (unpaired) electrons. The zero-order chi connectivity index (χ0) is 13.9. The first-order valence-electron chi connectivity index (χ1n) is 6.51. The molecule has 1 heterocycles. The van der Waals surface area contributed by atoms with Crippen LogP contribution < -0.4 is 9.64 Å². The lowest BCUT2D eigenvalue weighted by atomic mass is 10.1. The summed E-state index contributed by atoms with van der Waals surface area (Å²) in [6.07, 6.45) is -0.716. The first-order valence-corrected chi connectivity index (χ1v) is 6.51. The number of aliphatic hydroxyl groups excluding tert-OH is 1. The molecule has 2 aromatic rings. The number of aliphatic hydroxyl groups is 1. The highest BCUT2D eigenvalue weighted by atomic mass is 16.5. The van der Waals surface area contributed by atoms with Crippen LogP contribution in [0.2, 0.25) is 0 Å². The first-order chi connectivity index (χ1) is 9.75. The third-order valence-corrected chi connectivity index (χ3v) is 3.35.